The molecule has 0 aliphatic heterocycles. The average molecular weight is 407 g/mol. The molecule has 0 saturated carbocycles. The molecule has 0 aliphatic carbocycles. The number of hydrogen-bond donors (Lipinski definition) is 4. The maximum atomic E-state index is 12.3. The van der Waals surface area contributed by atoms with Crippen LogP contribution in [0.15, 0.2) is 6.33 Å². The number of amides is 2. The first-order valence-corrected chi connectivity index (χ1v) is 8.50. The molecule has 156 valence electrons. The molecule has 0 bridgehead atoms. The Balaban J connectivity index is 2.04. The second-order valence-corrected chi connectivity index (χ2v) is 5.79. The van der Waals surface area contributed by atoms with Gasteiger partial charge >= 0.3 is 11.9 Å². The van der Waals surface area contributed by atoms with Gasteiger partial charge in [0.15, 0.2) is 11.5 Å². The second-order valence-electron chi connectivity index (χ2n) is 5.79. The number of nitrogens with zero attached hydrogens (tertiary/aromatic N) is 3. The lowest BCUT2D eigenvalue weighted by molar-refractivity contribution is -0.146. The number of aromatic nitrogens is 4. The number of carbonyl (C=O) groups excluding carboxylic acids is 4. The third-order valence-corrected chi connectivity index (χ3v) is 3.68. The predicted molar refractivity (Wildman–Crippen MR) is 99.7 cm³/mol. The van der Waals surface area contributed by atoms with Crippen molar-refractivity contribution < 1.29 is 28.7 Å². The zero-order valence-corrected chi connectivity index (χ0v) is 16.1. The van der Waals surface area contributed by atoms with E-state index in [2.05, 4.69) is 45.4 Å². The number of anilines is 2. The molecule has 13 heteroatoms. The monoisotopic (exact) mass is 407 g/mol. The van der Waals surface area contributed by atoms with Crippen LogP contribution in [0.1, 0.15) is 19.8 Å². The van der Waals surface area contributed by atoms with E-state index in [0.29, 0.717) is 5.52 Å². The first-order valence-electron chi connectivity index (χ1n) is 8.50. The molecule has 29 heavy (non-hydrogen) atoms. The van der Waals surface area contributed by atoms with Gasteiger partial charge in [-0.1, -0.05) is 0 Å². The van der Waals surface area contributed by atoms with E-state index in [4.69, 9.17) is 0 Å². The van der Waals surface area contributed by atoms with Crippen molar-refractivity contribution in [2.24, 2.45) is 0 Å². The van der Waals surface area contributed by atoms with Crippen molar-refractivity contribution in [3.63, 3.8) is 0 Å². The normalized spacial score (nSPS) is 11.4. The topological polar surface area (TPSA) is 177 Å². The third-order valence-electron chi connectivity index (χ3n) is 3.68. The number of H-pyrrole nitrogens is 1. The molecule has 0 unspecified atom stereocenters. The van der Waals surface area contributed by atoms with Crippen LogP contribution in [0.5, 0.6) is 0 Å². The maximum absolute atomic E-state index is 12.3. The van der Waals surface area contributed by atoms with E-state index in [9.17, 15) is 19.2 Å². The molecule has 0 aromatic carbocycles. The molecule has 0 aliphatic rings. The smallest absolute Gasteiger partial charge is 0.328 e. The highest BCUT2D eigenvalue weighted by atomic mass is 16.5. The van der Waals surface area contributed by atoms with Gasteiger partial charge in [0.05, 0.1) is 27.1 Å². The van der Waals surface area contributed by atoms with E-state index in [-0.39, 0.29) is 42.7 Å². The van der Waals surface area contributed by atoms with E-state index in [0.717, 1.165) is 0 Å². The SMILES string of the molecule is COC(=O)CC[C@H](NC(=O)CNc1nc(NC(C)=O)nc2nc[nH]c12)C(=O)OC. The van der Waals surface area contributed by atoms with E-state index < -0.39 is 23.9 Å². The summed E-state index contributed by atoms with van der Waals surface area (Å²) in [5.41, 5.74) is 0.722. The number of ether oxygens (including phenoxy) is 2. The molecular formula is C16H21N7O6. The molecule has 13 nitrogen and oxygen atoms in total. The lowest BCUT2D eigenvalue weighted by Crippen LogP contribution is -2.44. The van der Waals surface area contributed by atoms with Gasteiger partial charge in [-0.05, 0) is 6.42 Å². The van der Waals surface area contributed by atoms with Crippen molar-refractivity contribution in [3.05, 3.63) is 6.33 Å². The van der Waals surface area contributed by atoms with Gasteiger partial charge in [-0.2, -0.15) is 9.97 Å². The van der Waals surface area contributed by atoms with Crippen LogP contribution in [-0.2, 0) is 28.7 Å². The molecule has 0 radical (unpaired) electrons. The summed E-state index contributed by atoms with van der Waals surface area (Å²) in [7, 11) is 2.41. The Hall–Kier alpha value is -3.77. The van der Waals surface area contributed by atoms with Crippen LogP contribution in [0.25, 0.3) is 11.2 Å². The van der Waals surface area contributed by atoms with Crippen LogP contribution < -0.4 is 16.0 Å². The first kappa shape index (κ1) is 21.5. The number of hydrogen-bond acceptors (Lipinski definition) is 10. The molecule has 2 aromatic heterocycles. The van der Waals surface area contributed by atoms with E-state index in [1.807, 2.05) is 0 Å². The maximum Gasteiger partial charge on any atom is 0.328 e. The van der Waals surface area contributed by atoms with Gasteiger partial charge in [-0.25, -0.2) is 9.78 Å². The average Bonchev–Trinajstić information content (AvgIpc) is 3.16. The highest BCUT2D eigenvalue weighted by Crippen LogP contribution is 2.18. The van der Waals surface area contributed by atoms with E-state index >= 15 is 0 Å². The van der Waals surface area contributed by atoms with Crippen molar-refractivity contribution in [1.29, 1.82) is 0 Å². The Labute approximate surface area is 165 Å². The summed E-state index contributed by atoms with van der Waals surface area (Å²) >= 11 is 0. The second kappa shape index (κ2) is 9.96. The van der Waals surface area contributed by atoms with Crippen LogP contribution in [-0.4, -0.2) is 70.5 Å². The number of fused-ring (bicyclic) bond motifs is 1. The van der Waals surface area contributed by atoms with Gasteiger partial charge in [0.2, 0.25) is 17.8 Å². The molecule has 0 fully saturated rings. The van der Waals surface area contributed by atoms with Gasteiger partial charge < -0.3 is 25.1 Å². The minimum absolute atomic E-state index is 0.0190. The number of nitrogens with one attached hydrogen (secondary N) is 4. The molecule has 2 rings (SSSR count). The zero-order chi connectivity index (χ0) is 21.4. The molecule has 0 spiro atoms. The fourth-order valence-corrected chi connectivity index (χ4v) is 2.34. The molecule has 2 amide bonds. The van der Waals surface area contributed by atoms with Crippen LogP contribution in [0.2, 0.25) is 0 Å². The number of carbonyl (C=O) groups is 4. The Morgan fingerprint density at radius 3 is 2.59 bits per heavy atom. The van der Waals surface area contributed by atoms with E-state index in [1.165, 1.54) is 27.5 Å². The minimum atomic E-state index is -1.01. The lowest BCUT2D eigenvalue weighted by Gasteiger charge is -2.16. The molecule has 0 saturated heterocycles. The Morgan fingerprint density at radius 1 is 1.17 bits per heavy atom. The van der Waals surface area contributed by atoms with E-state index in [1.54, 1.807) is 0 Å². The summed E-state index contributed by atoms with van der Waals surface area (Å²) in [6.07, 6.45) is 1.35. The highest BCUT2D eigenvalue weighted by Gasteiger charge is 2.23. The Morgan fingerprint density at radius 2 is 1.93 bits per heavy atom. The van der Waals surface area contributed by atoms with Gasteiger partial charge in [0, 0.05) is 13.3 Å². The van der Waals surface area contributed by atoms with Crippen molar-refractivity contribution >= 4 is 46.7 Å². The fourth-order valence-electron chi connectivity index (χ4n) is 2.34. The van der Waals surface area contributed by atoms with Crippen molar-refractivity contribution in [1.82, 2.24) is 25.3 Å². The van der Waals surface area contributed by atoms with Gasteiger partial charge in [0.25, 0.3) is 0 Å². The summed E-state index contributed by atoms with van der Waals surface area (Å²) in [5, 5.41) is 7.72. The van der Waals surface area contributed by atoms with Gasteiger partial charge in [0.1, 0.15) is 11.6 Å². The van der Waals surface area contributed by atoms with Crippen LogP contribution in [0, 0.1) is 0 Å². The summed E-state index contributed by atoms with van der Waals surface area (Å²) < 4.78 is 9.17. The van der Waals surface area contributed by atoms with Gasteiger partial charge in [-0.3, -0.25) is 19.7 Å². The Kier molecular flexibility index (Phi) is 7.40. The third kappa shape index (κ3) is 6.12. The highest BCUT2D eigenvalue weighted by molar-refractivity contribution is 5.91. The number of imidazole rings is 1. The summed E-state index contributed by atoms with van der Waals surface area (Å²) in [4.78, 5) is 61.6. The summed E-state index contributed by atoms with van der Waals surface area (Å²) in [5.74, 6) is -1.86. The minimum Gasteiger partial charge on any atom is -0.469 e. The van der Waals surface area contributed by atoms with Gasteiger partial charge in [-0.15, -0.1) is 0 Å². The standard InChI is InChI=1S/C16H21N7O6/c1-8(24)20-16-22-13(12-14(23-16)19-7-18-12)17-6-10(25)21-9(15(27)29-3)4-5-11(26)28-2/h7,9H,4-6H2,1-3H3,(H,21,25)(H3,17,18,19,20,22,23,24)/t9-/m0/s1. The van der Waals surface area contributed by atoms with Crippen molar-refractivity contribution in [2.45, 2.75) is 25.8 Å². The number of aromatic amines is 1. The van der Waals surface area contributed by atoms with Crippen LogP contribution in [0.4, 0.5) is 11.8 Å². The molecule has 2 heterocycles. The molecule has 4 N–H and O–H groups in total. The first-order chi connectivity index (χ1) is 13.8. The predicted octanol–water partition coefficient (Wildman–Crippen LogP) is -0.666. The summed E-state index contributed by atoms with van der Waals surface area (Å²) in [6, 6.07) is -1.01. The molecule has 1 atom stereocenters. The summed E-state index contributed by atoms with van der Waals surface area (Å²) in [6.45, 7) is 1.05. The Bertz CT molecular complexity index is 912. The number of esters is 2. The number of methoxy groups -OCH3 is 2. The largest absolute Gasteiger partial charge is 0.469 e. The zero-order valence-electron chi connectivity index (χ0n) is 16.1. The lowest BCUT2D eigenvalue weighted by atomic mass is 10.1. The molecule has 2 aromatic rings. The number of rotatable bonds is 9. The van der Waals surface area contributed by atoms with Crippen LogP contribution >= 0.6 is 0 Å². The fraction of sp³-hybridized carbons (Fsp3) is 0.438. The quantitative estimate of drug-likeness (QED) is 0.390. The van der Waals surface area contributed by atoms with Crippen molar-refractivity contribution in [3.8, 4) is 0 Å². The van der Waals surface area contributed by atoms with Crippen molar-refractivity contribution in [2.75, 3.05) is 31.4 Å². The van der Waals surface area contributed by atoms with Crippen LogP contribution in [0.3, 0.4) is 0 Å². The molecular weight excluding hydrogens is 386 g/mol.